The van der Waals surface area contributed by atoms with Crippen molar-refractivity contribution in [3.8, 4) is 22.3 Å². The third-order valence-electron chi connectivity index (χ3n) is 13.3. The number of furan rings is 1. The van der Waals surface area contributed by atoms with E-state index in [0.717, 1.165) is 28.0 Å². The second-order valence-electron chi connectivity index (χ2n) is 17.7. The summed E-state index contributed by atoms with van der Waals surface area (Å²) in [6, 6.07) is 69.7. The summed E-state index contributed by atoms with van der Waals surface area (Å²) in [5, 5.41) is 1.10. The summed E-state index contributed by atoms with van der Waals surface area (Å²) >= 11 is 0. The van der Waals surface area contributed by atoms with E-state index in [9.17, 15) is 0 Å². The van der Waals surface area contributed by atoms with Gasteiger partial charge in [0.2, 0.25) is 0 Å². The van der Waals surface area contributed by atoms with Gasteiger partial charge in [0.15, 0.2) is 0 Å². The third-order valence-corrected chi connectivity index (χ3v) is 13.3. The molecule has 3 nitrogen and oxygen atoms in total. The molecule has 0 spiro atoms. The molecular formula is C56H43BN2O. The average Bonchev–Trinajstić information content (AvgIpc) is 3.67. The number of hydrogen-bond acceptors (Lipinski definition) is 3. The Morgan fingerprint density at radius 2 is 1.17 bits per heavy atom. The maximum absolute atomic E-state index is 7.31. The molecule has 0 aliphatic carbocycles. The Morgan fingerprint density at radius 3 is 1.90 bits per heavy atom. The first-order valence-electron chi connectivity index (χ1n) is 21.1. The smallest absolute Gasteiger partial charge is 0.375 e. The summed E-state index contributed by atoms with van der Waals surface area (Å²) in [6.45, 7) is 8.92. The summed E-state index contributed by atoms with van der Waals surface area (Å²) < 4.78 is 7.31. The number of anilines is 5. The first-order valence-corrected chi connectivity index (χ1v) is 21.1. The fourth-order valence-electron chi connectivity index (χ4n) is 10.8. The largest absolute Gasteiger partial charge is 0.466 e. The molecule has 0 saturated carbocycles. The first kappa shape index (κ1) is 35.0. The van der Waals surface area contributed by atoms with Crippen molar-refractivity contribution >= 4 is 57.4 Å². The molecule has 12 rings (SSSR count). The van der Waals surface area contributed by atoms with E-state index < -0.39 is 5.41 Å². The molecule has 0 radical (unpaired) electrons. The monoisotopic (exact) mass is 770 g/mol. The first-order chi connectivity index (χ1) is 29.3. The highest BCUT2D eigenvalue weighted by molar-refractivity contribution is 6.93. The van der Waals surface area contributed by atoms with Crippen LogP contribution in [0.4, 0.5) is 28.4 Å². The molecule has 3 aliphatic heterocycles. The average molecular weight is 771 g/mol. The second kappa shape index (κ2) is 12.7. The van der Waals surface area contributed by atoms with E-state index in [0.29, 0.717) is 0 Å². The normalized spacial score (nSPS) is 14.4. The number of aryl methyl sites for hydroxylation is 1. The molecule has 0 bridgehead atoms. The number of para-hydroxylation sites is 3. The van der Waals surface area contributed by atoms with Gasteiger partial charge in [0, 0.05) is 33.6 Å². The van der Waals surface area contributed by atoms with Crippen LogP contribution in [-0.4, -0.2) is 6.85 Å². The molecule has 0 atom stereocenters. The van der Waals surface area contributed by atoms with Crippen molar-refractivity contribution in [2.24, 2.45) is 0 Å². The van der Waals surface area contributed by atoms with Gasteiger partial charge in [0.1, 0.15) is 11.2 Å². The van der Waals surface area contributed by atoms with Gasteiger partial charge in [-0.2, -0.15) is 0 Å². The highest BCUT2D eigenvalue weighted by Crippen LogP contribution is 2.60. The third kappa shape index (κ3) is 4.73. The summed E-state index contributed by atoms with van der Waals surface area (Å²) in [5.74, 6) is 0. The van der Waals surface area contributed by atoms with E-state index in [1.54, 1.807) is 0 Å². The standard InChI is InChI=1S/C56H43BN2O/c1-36-33-44-41-26-18-28-46-52(41)59(48-29-16-15-27-45(48)56(46,38-21-10-6-11-22-38)39-23-12-7-13-24-39)57-51(44)49(34-36)58(53-42-25-14-17-30-50(42)60-54(53)57)47-32-31-40(55(2,3)4)35-43(47)37-19-8-5-9-20-37/h5-35H,1-4H3. The van der Waals surface area contributed by atoms with E-state index >= 15 is 0 Å². The Hall–Kier alpha value is -7.04. The summed E-state index contributed by atoms with van der Waals surface area (Å²) in [5.41, 5.74) is 20.8. The maximum atomic E-state index is 7.31. The van der Waals surface area contributed by atoms with Crippen molar-refractivity contribution < 1.29 is 4.42 Å². The van der Waals surface area contributed by atoms with Crippen LogP contribution in [0.2, 0.25) is 0 Å². The van der Waals surface area contributed by atoms with Crippen molar-refractivity contribution in [1.82, 2.24) is 0 Å². The van der Waals surface area contributed by atoms with Crippen molar-refractivity contribution in [1.29, 1.82) is 0 Å². The Balaban J connectivity index is 1.23. The molecule has 0 saturated heterocycles. The van der Waals surface area contributed by atoms with E-state index in [1.165, 1.54) is 78.2 Å². The zero-order valence-electron chi connectivity index (χ0n) is 34.3. The van der Waals surface area contributed by atoms with E-state index in [-0.39, 0.29) is 12.3 Å². The SMILES string of the molecule is Cc1cc2c3c(c1)N(c1ccc(C(C)(C)C)cc1-c1ccccc1)c1c(oc4ccccc14)B3N1c3ccccc3C(c3ccccc3)(c3ccccc3)c3cccc-2c31. The number of fused-ring (bicyclic) bond motifs is 8. The van der Waals surface area contributed by atoms with Crippen molar-refractivity contribution in [3.05, 3.63) is 221 Å². The van der Waals surface area contributed by atoms with Gasteiger partial charge in [-0.1, -0.05) is 172 Å². The van der Waals surface area contributed by atoms with Crippen LogP contribution in [0.3, 0.4) is 0 Å². The number of hydrogen-bond donors (Lipinski definition) is 0. The van der Waals surface area contributed by atoms with Crippen LogP contribution in [0.15, 0.2) is 192 Å². The van der Waals surface area contributed by atoms with E-state index in [4.69, 9.17) is 4.42 Å². The van der Waals surface area contributed by atoms with Gasteiger partial charge in [-0.05, 0) is 98.7 Å². The molecular weight excluding hydrogens is 727 g/mol. The predicted octanol–water partition coefficient (Wildman–Crippen LogP) is 13.1. The lowest BCUT2D eigenvalue weighted by atomic mass is 9.44. The predicted molar refractivity (Wildman–Crippen MR) is 251 cm³/mol. The van der Waals surface area contributed by atoms with Crippen molar-refractivity contribution in [3.63, 3.8) is 0 Å². The minimum atomic E-state index is -0.568. The summed E-state index contributed by atoms with van der Waals surface area (Å²) in [7, 11) is 0. The maximum Gasteiger partial charge on any atom is 0.375 e. The molecule has 8 aromatic carbocycles. The van der Waals surface area contributed by atoms with Gasteiger partial charge < -0.3 is 14.1 Å². The van der Waals surface area contributed by atoms with Gasteiger partial charge in [-0.25, -0.2) is 0 Å². The Labute approximate surface area is 352 Å². The molecule has 4 heterocycles. The van der Waals surface area contributed by atoms with Crippen LogP contribution in [0, 0.1) is 6.92 Å². The lowest BCUT2D eigenvalue weighted by molar-refractivity contribution is 0.590. The Bertz CT molecular complexity index is 3120. The van der Waals surface area contributed by atoms with Gasteiger partial charge in [-0.3, -0.25) is 0 Å². The number of nitrogens with zero attached hydrogens (tertiary/aromatic N) is 2. The van der Waals surface area contributed by atoms with Gasteiger partial charge >= 0.3 is 6.85 Å². The zero-order valence-corrected chi connectivity index (χ0v) is 34.3. The second-order valence-corrected chi connectivity index (χ2v) is 17.7. The van der Waals surface area contributed by atoms with Gasteiger partial charge in [-0.15, -0.1) is 0 Å². The van der Waals surface area contributed by atoms with E-state index in [2.05, 4.69) is 225 Å². The van der Waals surface area contributed by atoms with Crippen LogP contribution in [0.5, 0.6) is 0 Å². The lowest BCUT2D eigenvalue weighted by Gasteiger charge is -2.52. The molecule has 3 aliphatic rings. The molecule has 1 aromatic heterocycles. The molecule has 0 amide bonds. The van der Waals surface area contributed by atoms with Crippen LogP contribution >= 0.6 is 0 Å². The Morgan fingerprint density at radius 1 is 0.517 bits per heavy atom. The summed E-state index contributed by atoms with van der Waals surface area (Å²) in [6.07, 6.45) is 0. The Kier molecular flexibility index (Phi) is 7.42. The van der Waals surface area contributed by atoms with Crippen LogP contribution < -0.4 is 20.8 Å². The van der Waals surface area contributed by atoms with Crippen LogP contribution in [0.25, 0.3) is 33.2 Å². The molecule has 9 aromatic rings. The molecule has 286 valence electrons. The molecule has 0 fully saturated rings. The lowest BCUT2D eigenvalue weighted by Crippen LogP contribution is -2.62. The minimum Gasteiger partial charge on any atom is -0.466 e. The highest BCUT2D eigenvalue weighted by atomic mass is 16.3. The fraction of sp³-hybridized carbons (Fsp3) is 0.107. The highest BCUT2D eigenvalue weighted by Gasteiger charge is 2.55. The fourth-order valence-corrected chi connectivity index (χ4v) is 10.8. The zero-order chi connectivity index (χ0) is 40.3. The summed E-state index contributed by atoms with van der Waals surface area (Å²) in [4.78, 5) is 5.16. The topological polar surface area (TPSA) is 19.6 Å². The number of benzene rings is 8. The van der Waals surface area contributed by atoms with Gasteiger partial charge in [0.25, 0.3) is 0 Å². The molecule has 60 heavy (non-hydrogen) atoms. The number of rotatable bonds is 4. The molecule has 0 N–H and O–H groups in total. The molecule has 0 unspecified atom stereocenters. The van der Waals surface area contributed by atoms with Crippen LogP contribution in [0.1, 0.15) is 54.2 Å². The van der Waals surface area contributed by atoms with Crippen molar-refractivity contribution in [2.45, 2.75) is 38.5 Å². The molecule has 4 heteroatoms. The van der Waals surface area contributed by atoms with Crippen molar-refractivity contribution in [2.75, 3.05) is 9.71 Å². The van der Waals surface area contributed by atoms with E-state index in [1.807, 2.05) is 0 Å². The quantitative estimate of drug-likeness (QED) is 0.166. The van der Waals surface area contributed by atoms with Crippen LogP contribution in [-0.2, 0) is 10.8 Å². The van der Waals surface area contributed by atoms with Gasteiger partial charge in [0.05, 0.1) is 16.8 Å². The minimum absolute atomic E-state index is 0.0250.